The number of rotatable bonds is 3. The quantitative estimate of drug-likeness (QED) is 0.908. The van der Waals surface area contributed by atoms with E-state index in [0.717, 1.165) is 15.9 Å². The highest BCUT2D eigenvalue weighted by molar-refractivity contribution is 9.10. The summed E-state index contributed by atoms with van der Waals surface area (Å²) in [6.07, 6.45) is 0. The van der Waals surface area contributed by atoms with Crippen LogP contribution in [-0.2, 0) is 13.6 Å². The van der Waals surface area contributed by atoms with Crippen LogP contribution in [0.25, 0.3) is 0 Å². The van der Waals surface area contributed by atoms with Crippen LogP contribution < -0.4 is 5.32 Å². The van der Waals surface area contributed by atoms with Gasteiger partial charge in [0.1, 0.15) is 0 Å². The van der Waals surface area contributed by atoms with E-state index in [9.17, 15) is 4.79 Å². The SMILES string of the molecule is Cc1ccc(CNC(=O)c2cc(Br)ccc2Cl)n1C. The molecule has 0 fully saturated rings. The Balaban J connectivity index is 2.09. The van der Waals surface area contributed by atoms with E-state index in [-0.39, 0.29) is 5.91 Å². The van der Waals surface area contributed by atoms with Crippen LogP contribution in [-0.4, -0.2) is 10.5 Å². The first-order valence-electron chi connectivity index (χ1n) is 5.83. The van der Waals surface area contributed by atoms with E-state index in [1.54, 1.807) is 18.2 Å². The van der Waals surface area contributed by atoms with Crippen LogP contribution in [0.2, 0.25) is 5.02 Å². The summed E-state index contributed by atoms with van der Waals surface area (Å²) in [4.78, 5) is 12.1. The third kappa shape index (κ3) is 3.19. The first kappa shape index (κ1) is 14.2. The first-order chi connectivity index (χ1) is 8.99. The molecule has 1 N–H and O–H groups in total. The number of nitrogens with one attached hydrogen (secondary N) is 1. The molecular formula is C14H14BrClN2O. The Morgan fingerprint density at radius 2 is 2.11 bits per heavy atom. The normalized spacial score (nSPS) is 10.5. The van der Waals surface area contributed by atoms with Crippen molar-refractivity contribution in [2.24, 2.45) is 7.05 Å². The van der Waals surface area contributed by atoms with Crippen molar-refractivity contribution in [2.45, 2.75) is 13.5 Å². The molecule has 0 saturated carbocycles. The number of carbonyl (C=O) groups excluding carboxylic acids is 1. The van der Waals surface area contributed by atoms with E-state index < -0.39 is 0 Å². The fraction of sp³-hybridized carbons (Fsp3) is 0.214. The minimum absolute atomic E-state index is 0.176. The lowest BCUT2D eigenvalue weighted by atomic mass is 10.2. The lowest BCUT2D eigenvalue weighted by Crippen LogP contribution is -2.24. The predicted octanol–water partition coefficient (Wildman–Crippen LogP) is 3.68. The highest BCUT2D eigenvalue weighted by Gasteiger charge is 2.11. The molecule has 100 valence electrons. The molecule has 1 heterocycles. The molecule has 0 aliphatic carbocycles. The van der Waals surface area contributed by atoms with Crippen molar-refractivity contribution in [3.63, 3.8) is 0 Å². The molecule has 2 rings (SSSR count). The van der Waals surface area contributed by atoms with E-state index >= 15 is 0 Å². The van der Waals surface area contributed by atoms with Crippen LogP contribution in [0.15, 0.2) is 34.8 Å². The van der Waals surface area contributed by atoms with Crippen molar-refractivity contribution in [2.75, 3.05) is 0 Å². The van der Waals surface area contributed by atoms with Gasteiger partial charge < -0.3 is 9.88 Å². The number of hydrogen-bond acceptors (Lipinski definition) is 1. The maximum absolute atomic E-state index is 12.1. The van der Waals surface area contributed by atoms with Crippen molar-refractivity contribution < 1.29 is 4.79 Å². The van der Waals surface area contributed by atoms with Gasteiger partial charge in [-0.3, -0.25) is 4.79 Å². The highest BCUT2D eigenvalue weighted by Crippen LogP contribution is 2.21. The van der Waals surface area contributed by atoms with Gasteiger partial charge in [0, 0.05) is 22.9 Å². The van der Waals surface area contributed by atoms with Gasteiger partial charge in [0.15, 0.2) is 0 Å². The molecule has 2 aromatic rings. The van der Waals surface area contributed by atoms with E-state index in [1.807, 2.05) is 30.7 Å². The molecule has 0 saturated heterocycles. The maximum atomic E-state index is 12.1. The van der Waals surface area contributed by atoms with Crippen LogP contribution in [0.5, 0.6) is 0 Å². The Labute approximate surface area is 125 Å². The Morgan fingerprint density at radius 1 is 1.37 bits per heavy atom. The molecule has 0 atom stereocenters. The van der Waals surface area contributed by atoms with E-state index in [1.165, 1.54) is 0 Å². The summed E-state index contributed by atoms with van der Waals surface area (Å²) in [5.41, 5.74) is 2.68. The third-order valence-electron chi connectivity index (χ3n) is 3.08. The summed E-state index contributed by atoms with van der Waals surface area (Å²) in [5.74, 6) is -0.176. The van der Waals surface area contributed by atoms with E-state index in [0.29, 0.717) is 17.1 Å². The number of amides is 1. The number of aryl methyl sites for hydroxylation is 1. The monoisotopic (exact) mass is 340 g/mol. The molecule has 1 amide bonds. The van der Waals surface area contributed by atoms with Gasteiger partial charge >= 0.3 is 0 Å². The van der Waals surface area contributed by atoms with Gasteiger partial charge in [0.2, 0.25) is 0 Å². The van der Waals surface area contributed by atoms with Crippen molar-refractivity contribution in [1.29, 1.82) is 0 Å². The number of aromatic nitrogens is 1. The largest absolute Gasteiger partial charge is 0.350 e. The van der Waals surface area contributed by atoms with Gasteiger partial charge in [-0.05, 0) is 37.3 Å². The van der Waals surface area contributed by atoms with E-state index in [2.05, 4.69) is 21.2 Å². The van der Waals surface area contributed by atoms with Crippen LogP contribution in [0.4, 0.5) is 0 Å². The molecule has 0 unspecified atom stereocenters. The second-order valence-corrected chi connectivity index (χ2v) is 5.65. The second-order valence-electron chi connectivity index (χ2n) is 4.33. The number of nitrogens with zero attached hydrogens (tertiary/aromatic N) is 1. The summed E-state index contributed by atoms with van der Waals surface area (Å²) in [6, 6.07) is 9.24. The van der Waals surface area contributed by atoms with Gasteiger partial charge in [-0.1, -0.05) is 27.5 Å². The Morgan fingerprint density at radius 3 is 2.74 bits per heavy atom. The Kier molecular flexibility index (Phi) is 4.32. The average Bonchev–Trinajstić information content (AvgIpc) is 2.70. The summed E-state index contributed by atoms with van der Waals surface area (Å²) in [6.45, 7) is 2.50. The van der Waals surface area contributed by atoms with Crippen molar-refractivity contribution in [3.05, 3.63) is 56.8 Å². The standard InChI is InChI=1S/C14H14BrClN2O/c1-9-3-5-11(18(9)2)8-17-14(19)12-7-10(15)4-6-13(12)16/h3-7H,8H2,1-2H3,(H,17,19). The fourth-order valence-electron chi connectivity index (χ4n) is 1.78. The van der Waals surface area contributed by atoms with E-state index in [4.69, 9.17) is 11.6 Å². The number of benzene rings is 1. The molecule has 0 aliphatic heterocycles. The molecule has 0 aliphatic rings. The van der Waals surface area contributed by atoms with Crippen LogP contribution in [0, 0.1) is 6.92 Å². The fourth-order valence-corrected chi connectivity index (χ4v) is 2.35. The average molecular weight is 342 g/mol. The molecule has 3 nitrogen and oxygen atoms in total. The zero-order chi connectivity index (χ0) is 14.0. The number of hydrogen-bond donors (Lipinski definition) is 1. The van der Waals surface area contributed by atoms with Gasteiger partial charge in [0.25, 0.3) is 5.91 Å². The van der Waals surface area contributed by atoms with Gasteiger partial charge in [-0.2, -0.15) is 0 Å². The summed E-state index contributed by atoms with van der Waals surface area (Å²) < 4.78 is 2.87. The topological polar surface area (TPSA) is 34.0 Å². The molecule has 0 radical (unpaired) electrons. The Hall–Kier alpha value is -1.26. The minimum Gasteiger partial charge on any atom is -0.350 e. The zero-order valence-electron chi connectivity index (χ0n) is 10.7. The molecular weight excluding hydrogens is 328 g/mol. The lowest BCUT2D eigenvalue weighted by Gasteiger charge is -2.09. The number of carbonyl (C=O) groups is 1. The Bertz CT molecular complexity index is 622. The first-order valence-corrected chi connectivity index (χ1v) is 7.00. The molecule has 5 heteroatoms. The molecule has 0 spiro atoms. The highest BCUT2D eigenvalue weighted by atomic mass is 79.9. The van der Waals surface area contributed by atoms with Gasteiger partial charge in [-0.25, -0.2) is 0 Å². The molecule has 1 aromatic heterocycles. The summed E-state index contributed by atoms with van der Waals surface area (Å²) in [5, 5.41) is 3.32. The molecule has 19 heavy (non-hydrogen) atoms. The maximum Gasteiger partial charge on any atom is 0.253 e. The predicted molar refractivity (Wildman–Crippen MR) is 80.5 cm³/mol. The third-order valence-corrected chi connectivity index (χ3v) is 3.90. The number of halogens is 2. The van der Waals surface area contributed by atoms with Crippen LogP contribution >= 0.6 is 27.5 Å². The van der Waals surface area contributed by atoms with Crippen molar-refractivity contribution in [3.8, 4) is 0 Å². The second kappa shape index (κ2) is 5.80. The lowest BCUT2D eigenvalue weighted by molar-refractivity contribution is 0.0950. The smallest absolute Gasteiger partial charge is 0.253 e. The summed E-state index contributed by atoms with van der Waals surface area (Å²) >= 11 is 9.35. The van der Waals surface area contributed by atoms with Crippen molar-refractivity contribution >= 4 is 33.4 Å². The van der Waals surface area contributed by atoms with Gasteiger partial charge in [-0.15, -0.1) is 0 Å². The van der Waals surface area contributed by atoms with Crippen LogP contribution in [0.1, 0.15) is 21.7 Å². The van der Waals surface area contributed by atoms with Crippen LogP contribution in [0.3, 0.4) is 0 Å². The van der Waals surface area contributed by atoms with Crippen molar-refractivity contribution in [1.82, 2.24) is 9.88 Å². The molecule has 1 aromatic carbocycles. The molecule has 0 bridgehead atoms. The van der Waals surface area contributed by atoms with Gasteiger partial charge in [0.05, 0.1) is 17.1 Å². The zero-order valence-corrected chi connectivity index (χ0v) is 13.0. The summed E-state index contributed by atoms with van der Waals surface area (Å²) in [7, 11) is 1.98. The minimum atomic E-state index is -0.176.